The predicted octanol–water partition coefficient (Wildman–Crippen LogP) is 2.80. The van der Waals surface area contributed by atoms with E-state index >= 15 is 0 Å². The lowest BCUT2D eigenvalue weighted by atomic mass is 9.81. The number of carbonyl (C=O) groups excluding carboxylic acids is 1. The minimum absolute atomic E-state index is 0.0277. The molecule has 198 valence electrons. The van der Waals surface area contributed by atoms with E-state index in [9.17, 15) is 24.3 Å². The van der Waals surface area contributed by atoms with Gasteiger partial charge in [0.05, 0.1) is 37.8 Å². The van der Waals surface area contributed by atoms with Gasteiger partial charge in [-0.05, 0) is 49.9 Å². The number of piperidine rings is 1. The maximum atomic E-state index is 13.3. The summed E-state index contributed by atoms with van der Waals surface area (Å²) in [6.07, 6.45) is 1.80. The highest BCUT2D eigenvalue weighted by atomic mass is 19.1. The highest BCUT2D eigenvalue weighted by Gasteiger charge is 2.40. The molecule has 2 saturated heterocycles. The highest BCUT2D eigenvalue weighted by Crippen LogP contribution is 2.37. The molecule has 2 amide bonds. The Kier molecular flexibility index (Phi) is 8.25. The molecule has 2 aliphatic heterocycles. The van der Waals surface area contributed by atoms with E-state index in [0.29, 0.717) is 38.3 Å². The molecule has 11 nitrogen and oxygen atoms in total. The number of nitriles is 1. The number of nitrogens with zero attached hydrogens (tertiary/aromatic N) is 5. The van der Waals surface area contributed by atoms with Crippen LogP contribution < -0.4 is 11.1 Å². The summed E-state index contributed by atoms with van der Waals surface area (Å²) in [5, 5.41) is 27.1. The van der Waals surface area contributed by atoms with Crippen molar-refractivity contribution in [2.45, 2.75) is 44.3 Å². The van der Waals surface area contributed by atoms with E-state index in [4.69, 9.17) is 10.5 Å². The van der Waals surface area contributed by atoms with E-state index in [1.54, 1.807) is 4.68 Å². The van der Waals surface area contributed by atoms with Crippen LogP contribution in [-0.2, 0) is 4.74 Å². The van der Waals surface area contributed by atoms with Gasteiger partial charge in [0.1, 0.15) is 11.4 Å². The molecule has 1 aromatic heterocycles. The molecule has 2 aliphatic rings. The van der Waals surface area contributed by atoms with Gasteiger partial charge < -0.3 is 25.8 Å². The van der Waals surface area contributed by atoms with E-state index < -0.39 is 17.8 Å². The van der Waals surface area contributed by atoms with Gasteiger partial charge in [0.2, 0.25) is 0 Å². The molecule has 4 rings (SSSR count). The summed E-state index contributed by atoms with van der Waals surface area (Å²) >= 11 is 0. The van der Waals surface area contributed by atoms with Crippen LogP contribution in [0.15, 0.2) is 30.5 Å². The van der Waals surface area contributed by atoms with E-state index in [2.05, 4.69) is 21.4 Å². The number of nitrogens with two attached hydrogens (primary N) is 1. The molecule has 4 N–H and O–H groups in total. The smallest absolute Gasteiger partial charge is 0.407 e. The molecule has 4 atom stereocenters. The zero-order valence-electron chi connectivity index (χ0n) is 20.7. The second-order valence-electron chi connectivity index (χ2n) is 9.51. The number of anilines is 2. The Bertz CT molecular complexity index is 1140. The Hall–Kier alpha value is -3.69. The largest absolute Gasteiger partial charge is 0.465 e. The first kappa shape index (κ1) is 26.4. The predicted molar refractivity (Wildman–Crippen MR) is 133 cm³/mol. The number of likely N-dealkylation sites (tertiary alicyclic amines) is 1. The first-order chi connectivity index (χ1) is 17.8. The zero-order chi connectivity index (χ0) is 26.5. The lowest BCUT2D eigenvalue weighted by Crippen LogP contribution is -2.58. The molecule has 37 heavy (non-hydrogen) atoms. The SMILES string of the molecule is CC(C1CC(C(CC#N)n2cc(C(N)=O)c(Nc3ccc(F)cc3)n2)CCN1C(=O)O)N1CCOCC1. The number of nitrogens with one attached hydrogen (secondary N) is 1. The van der Waals surface area contributed by atoms with Crippen molar-refractivity contribution in [2.75, 3.05) is 38.2 Å². The summed E-state index contributed by atoms with van der Waals surface area (Å²) in [6, 6.07) is 7.15. The van der Waals surface area contributed by atoms with E-state index in [-0.39, 0.29) is 41.8 Å². The quantitative estimate of drug-likeness (QED) is 0.488. The Balaban J connectivity index is 1.60. The normalized spacial score (nSPS) is 22.1. The number of rotatable bonds is 8. The topological polar surface area (TPSA) is 150 Å². The highest BCUT2D eigenvalue weighted by molar-refractivity contribution is 5.98. The summed E-state index contributed by atoms with van der Waals surface area (Å²) in [6.45, 7) is 5.06. The van der Waals surface area contributed by atoms with Crippen molar-refractivity contribution >= 4 is 23.5 Å². The van der Waals surface area contributed by atoms with Gasteiger partial charge in [-0.15, -0.1) is 0 Å². The lowest BCUT2D eigenvalue weighted by Gasteiger charge is -2.46. The maximum Gasteiger partial charge on any atom is 0.407 e. The second kappa shape index (κ2) is 11.6. The summed E-state index contributed by atoms with van der Waals surface area (Å²) < 4.78 is 20.4. The molecule has 2 fully saturated rings. The van der Waals surface area contributed by atoms with Gasteiger partial charge in [0.15, 0.2) is 5.82 Å². The summed E-state index contributed by atoms with van der Waals surface area (Å²) in [7, 11) is 0. The standard InChI is InChI=1S/C25H32FN7O4/c1-16(31-10-12-37-13-11-31)22-14-17(7-9-32(22)25(35)36)21(6-8-27)33-15-20(23(28)34)24(30-33)29-19-4-2-18(26)3-5-19/h2-5,15-17,21-22H,6-7,9-14H2,1H3,(H2,28,34)(H,29,30)(H,35,36). The van der Waals surface area contributed by atoms with E-state index in [0.717, 1.165) is 13.1 Å². The molecule has 0 saturated carbocycles. The van der Waals surface area contributed by atoms with Gasteiger partial charge in [0, 0.05) is 37.6 Å². The molecule has 0 bridgehead atoms. The van der Waals surface area contributed by atoms with Crippen molar-refractivity contribution < 1.29 is 23.8 Å². The fraction of sp³-hybridized carbons (Fsp3) is 0.520. The van der Waals surface area contributed by atoms with Gasteiger partial charge in [-0.2, -0.15) is 10.4 Å². The third-order valence-electron chi connectivity index (χ3n) is 7.40. The minimum atomic E-state index is -0.957. The number of carboxylic acid groups (broad SMARTS) is 1. The van der Waals surface area contributed by atoms with Crippen LogP contribution in [-0.4, -0.2) is 81.6 Å². The number of morpholine rings is 1. The maximum absolute atomic E-state index is 13.3. The van der Waals surface area contributed by atoms with Crippen LogP contribution >= 0.6 is 0 Å². The molecule has 12 heteroatoms. The molecule has 4 unspecified atom stereocenters. The van der Waals surface area contributed by atoms with Gasteiger partial charge in [0.25, 0.3) is 5.91 Å². The number of halogens is 1. The van der Waals surface area contributed by atoms with Crippen LogP contribution in [0.2, 0.25) is 0 Å². The Morgan fingerprint density at radius 3 is 2.62 bits per heavy atom. The first-order valence-electron chi connectivity index (χ1n) is 12.4. The van der Waals surface area contributed by atoms with Crippen molar-refractivity contribution in [3.8, 4) is 6.07 Å². The Morgan fingerprint density at radius 2 is 2.00 bits per heavy atom. The van der Waals surface area contributed by atoms with Gasteiger partial charge in [-0.25, -0.2) is 9.18 Å². The van der Waals surface area contributed by atoms with Gasteiger partial charge in [-0.3, -0.25) is 14.4 Å². The number of aromatic nitrogens is 2. The average Bonchev–Trinajstić information content (AvgIpc) is 3.32. The monoisotopic (exact) mass is 513 g/mol. The van der Waals surface area contributed by atoms with E-state index in [1.807, 2.05) is 6.92 Å². The minimum Gasteiger partial charge on any atom is -0.465 e. The number of primary amides is 1. The third kappa shape index (κ3) is 6.00. The van der Waals surface area contributed by atoms with Crippen LogP contribution in [0.5, 0.6) is 0 Å². The lowest BCUT2D eigenvalue weighted by molar-refractivity contribution is -0.0178. The van der Waals surface area contributed by atoms with Crippen LogP contribution in [0.4, 0.5) is 20.7 Å². The molecule has 3 heterocycles. The zero-order valence-corrected chi connectivity index (χ0v) is 20.7. The molecule has 1 aromatic carbocycles. The van der Waals surface area contributed by atoms with E-state index in [1.165, 1.54) is 35.4 Å². The molecular formula is C25H32FN7O4. The number of hydrogen-bond donors (Lipinski definition) is 3. The molecular weight excluding hydrogens is 481 g/mol. The van der Waals surface area contributed by atoms with Crippen LogP contribution in [0.3, 0.4) is 0 Å². The summed E-state index contributed by atoms with van der Waals surface area (Å²) in [5.74, 6) is -0.925. The van der Waals surface area contributed by atoms with Gasteiger partial charge in [-0.1, -0.05) is 0 Å². The Labute approximate surface area is 214 Å². The van der Waals surface area contributed by atoms with Crippen molar-refractivity contribution in [2.24, 2.45) is 11.7 Å². The molecule has 0 radical (unpaired) electrons. The first-order valence-corrected chi connectivity index (χ1v) is 12.4. The third-order valence-corrected chi connectivity index (χ3v) is 7.40. The van der Waals surface area contributed by atoms with Crippen molar-refractivity contribution in [3.63, 3.8) is 0 Å². The molecule has 2 aromatic rings. The fourth-order valence-corrected chi connectivity index (χ4v) is 5.37. The average molecular weight is 514 g/mol. The molecule has 0 spiro atoms. The number of carbonyl (C=O) groups is 2. The van der Waals surface area contributed by atoms with Crippen LogP contribution in [0, 0.1) is 23.1 Å². The van der Waals surface area contributed by atoms with Crippen LogP contribution in [0.1, 0.15) is 42.6 Å². The summed E-state index contributed by atoms with van der Waals surface area (Å²) in [5.41, 5.74) is 6.28. The van der Waals surface area contributed by atoms with Crippen molar-refractivity contribution in [1.82, 2.24) is 19.6 Å². The van der Waals surface area contributed by atoms with Crippen molar-refractivity contribution in [1.29, 1.82) is 5.26 Å². The summed E-state index contributed by atoms with van der Waals surface area (Å²) in [4.78, 5) is 28.0. The number of benzene rings is 1. The van der Waals surface area contributed by atoms with Crippen molar-refractivity contribution in [3.05, 3.63) is 41.8 Å². The van der Waals surface area contributed by atoms with Gasteiger partial charge >= 0.3 is 6.09 Å². The van der Waals surface area contributed by atoms with Crippen LogP contribution in [0.25, 0.3) is 0 Å². The molecule has 0 aliphatic carbocycles. The number of hydrogen-bond acceptors (Lipinski definition) is 7. The fourth-order valence-electron chi connectivity index (χ4n) is 5.37. The second-order valence-corrected chi connectivity index (χ2v) is 9.51. The number of amides is 2. The Morgan fingerprint density at radius 1 is 1.30 bits per heavy atom. The number of ether oxygens (including phenoxy) is 1.